The lowest BCUT2D eigenvalue weighted by Gasteiger charge is -2.11. The van der Waals surface area contributed by atoms with Crippen molar-refractivity contribution in [2.45, 2.75) is 19.4 Å². The average Bonchev–Trinajstić information content (AvgIpc) is 2.56. The molecule has 0 heterocycles. The average molecular weight is 285 g/mol. The standard InChI is InChI=1S/C18H21O3/c1-19-18(20-2)13-10-15-8-11-17(12-9-15)21-14-16-6-4-3-5-7-16/h3-9,11-12H,10,13-14H2,1-2H3. The molecular formula is C18H21O3. The summed E-state index contributed by atoms with van der Waals surface area (Å²) in [4.78, 5) is 0. The third-order valence-electron chi connectivity index (χ3n) is 3.24. The van der Waals surface area contributed by atoms with Crippen LogP contribution in [0.15, 0.2) is 54.6 Å². The van der Waals surface area contributed by atoms with Crippen LogP contribution in [0, 0.1) is 6.29 Å². The largest absolute Gasteiger partial charge is 0.489 e. The Morgan fingerprint density at radius 3 is 2.10 bits per heavy atom. The van der Waals surface area contributed by atoms with Gasteiger partial charge in [0.25, 0.3) is 0 Å². The maximum atomic E-state index is 5.76. The molecule has 0 fully saturated rings. The van der Waals surface area contributed by atoms with Crippen LogP contribution in [0.4, 0.5) is 0 Å². The van der Waals surface area contributed by atoms with Gasteiger partial charge < -0.3 is 14.2 Å². The molecule has 2 aromatic rings. The Balaban J connectivity index is 1.81. The van der Waals surface area contributed by atoms with E-state index in [1.54, 1.807) is 14.2 Å². The van der Waals surface area contributed by atoms with Gasteiger partial charge in [-0.2, -0.15) is 0 Å². The fourth-order valence-electron chi connectivity index (χ4n) is 2.03. The van der Waals surface area contributed by atoms with Crippen LogP contribution in [0.1, 0.15) is 17.5 Å². The predicted molar refractivity (Wildman–Crippen MR) is 82.8 cm³/mol. The number of hydrogen-bond acceptors (Lipinski definition) is 3. The van der Waals surface area contributed by atoms with E-state index in [1.807, 2.05) is 30.3 Å². The molecule has 0 unspecified atom stereocenters. The van der Waals surface area contributed by atoms with Crippen LogP contribution >= 0.6 is 0 Å². The highest BCUT2D eigenvalue weighted by atomic mass is 16.7. The summed E-state index contributed by atoms with van der Waals surface area (Å²) in [6.07, 6.45) is 2.30. The van der Waals surface area contributed by atoms with Crippen molar-refractivity contribution in [1.82, 2.24) is 0 Å². The summed E-state index contributed by atoms with van der Waals surface area (Å²) >= 11 is 0. The fourth-order valence-corrected chi connectivity index (χ4v) is 2.03. The summed E-state index contributed by atoms with van der Waals surface area (Å²) in [5.74, 6) is 0.880. The molecule has 0 saturated carbocycles. The number of rotatable bonds is 8. The molecule has 0 spiro atoms. The summed E-state index contributed by atoms with van der Waals surface area (Å²) in [5.41, 5.74) is 2.40. The first kappa shape index (κ1) is 15.5. The molecule has 0 aliphatic rings. The second-order valence-electron chi connectivity index (χ2n) is 4.70. The van der Waals surface area contributed by atoms with Crippen molar-refractivity contribution in [2.75, 3.05) is 14.2 Å². The van der Waals surface area contributed by atoms with Crippen molar-refractivity contribution in [3.63, 3.8) is 0 Å². The summed E-state index contributed by atoms with van der Waals surface area (Å²) in [5, 5.41) is 0. The van der Waals surface area contributed by atoms with Crippen molar-refractivity contribution >= 4 is 0 Å². The highest BCUT2D eigenvalue weighted by Gasteiger charge is 2.07. The lowest BCUT2D eigenvalue weighted by atomic mass is 10.1. The SMILES string of the molecule is CO[C](CCc1ccc(OCc2ccccc2)cc1)OC. The molecule has 21 heavy (non-hydrogen) atoms. The van der Waals surface area contributed by atoms with E-state index in [-0.39, 0.29) is 0 Å². The minimum Gasteiger partial charge on any atom is -0.489 e. The van der Waals surface area contributed by atoms with Gasteiger partial charge in [-0.1, -0.05) is 42.5 Å². The minimum atomic E-state index is 0.589. The monoisotopic (exact) mass is 285 g/mol. The summed E-state index contributed by atoms with van der Waals surface area (Å²) in [6, 6.07) is 18.3. The molecule has 0 aliphatic heterocycles. The van der Waals surface area contributed by atoms with Gasteiger partial charge >= 0.3 is 0 Å². The van der Waals surface area contributed by atoms with E-state index in [4.69, 9.17) is 14.2 Å². The quantitative estimate of drug-likeness (QED) is 0.734. The Morgan fingerprint density at radius 2 is 1.48 bits per heavy atom. The van der Waals surface area contributed by atoms with Gasteiger partial charge in [0.1, 0.15) is 12.4 Å². The van der Waals surface area contributed by atoms with Crippen LogP contribution in [-0.4, -0.2) is 14.2 Å². The summed E-state index contributed by atoms with van der Waals surface area (Å²) in [6.45, 7) is 0.589. The zero-order chi connectivity index (χ0) is 14.9. The molecule has 0 aliphatic carbocycles. The van der Waals surface area contributed by atoms with Gasteiger partial charge in [-0.05, 0) is 29.7 Å². The predicted octanol–water partition coefficient (Wildman–Crippen LogP) is 3.98. The first-order valence-electron chi connectivity index (χ1n) is 7.01. The van der Waals surface area contributed by atoms with Crippen molar-refractivity contribution in [1.29, 1.82) is 0 Å². The lowest BCUT2D eigenvalue weighted by Crippen LogP contribution is -2.04. The first-order chi connectivity index (χ1) is 10.3. The zero-order valence-electron chi connectivity index (χ0n) is 12.5. The second-order valence-corrected chi connectivity index (χ2v) is 4.70. The van der Waals surface area contributed by atoms with Gasteiger partial charge in [-0.25, -0.2) is 0 Å². The summed E-state index contributed by atoms with van der Waals surface area (Å²) in [7, 11) is 3.25. The molecule has 0 amide bonds. The third kappa shape index (κ3) is 5.21. The molecule has 3 heteroatoms. The molecule has 0 saturated heterocycles. The molecule has 0 N–H and O–H groups in total. The van der Waals surface area contributed by atoms with Crippen LogP contribution in [0.25, 0.3) is 0 Å². The zero-order valence-corrected chi connectivity index (χ0v) is 12.5. The molecule has 3 nitrogen and oxygen atoms in total. The van der Waals surface area contributed by atoms with Crippen LogP contribution in [-0.2, 0) is 22.5 Å². The van der Waals surface area contributed by atoms with Crippen LogP contribution in [0.5, 0.6) is 5.75 Å². The van der Waals surface area contributed by atoms with Crippen LogP contribution in [0.2, 0.25) is 0 Å². The number of methoxy groups -OCH3 is 2. The Morgan fingerprint density at radius 1 is 0.810 bits per heavy atom. The Kier molecular flexibility index (Phi) is 6.25. The molecule has 1 radical (unpaired) electrons. The molecule has 2 rings (SSSR count). The van der Waals surface area contributed by atoms with Gasteiger partial charge in [0.2, 0.25) is 6.29 Å². The van der Waals surface area contributed by atoms with Gasteiger partial charge in [0, 0.05) is 20.6 Å². The fraction of sp³-hybridized carbons (Fsp3) is 0.278. The van der Waals surface area contributed by atoms with Gasteiger partial charge in [-0.15, -0.1) is 0 Å². The van der Waals surface area contributed by atoms with Crippen molar-refractivity contribution < 1.29 is 14.2 Å². The molecule has 0 bridgehead atoms. The molecular weight excluding hydrogens is 264 g/mol. The maximum absolute atomic E-state index is 5.76. The normalized spacial score (nSPS) is 10.8. The van der Waals surface area contributed by atoms with E-state index in [2.05, 4.69) is 24.3 Å². The topological polar surface area (TPSA) is 27.7 Å². The highest BCUT2D eigenvalue weighted by molar-refractivity contribution is 5.28. The van der Waals surface area contributed by atoms with Crippen LogP contribution in [0.3, 0.4) is 0 Å². The lowest BCUT2D eigenvalue weighted by molar-refractivity contribution is -0.00230. The van der Waals surface area contributed by atoms with Crippen molar-refractivity contribution in [2.24, 2.45) is 0 Å². The van der Waals surface area contributed by atoms with E-state index >= 15 is 0 Å². The molecule has 0 atom stereocenters. The highest BCUT2D eigenvalue weighted by Crippen LogP contribution is 2.17. The van der Waals surface area contributed by atoms with E-state index in [9.17, 15) is 0 Å². The molecule has 111 valence electrons. The molecule has 0 aromatic heterocycles. The van der Waals surface area contributed by atoms with Gasteiger partial charge in [0.05, 0.1) is 0 Å². The van der Waals surface area contributed by atoms with E-state index in [0.717, 1.165) is 18.6 Å². The Labute approximate surface area is 126 Å². The smallest absolute Gasteiger partial charge is 0.223 e. The Hall–Kier alpha value is -1.84. The first-order valence-corrected chi connectivity index (χ1v) is 7.01. The maximum Gasteiger partial charge on any atom is 0.223 e. The van der Waals surface area contributed by atoms with Crippen LogP contribution < -0.4 is 4.74 Å². The van der Waals surface area contributed by atoms with E-state index < -0.39 is 0 Å². The summed E-state index contributed by atoms with van der Waals surface area (Å²) < 4.78 is 16.0. The minimum absolute atomic E-state index is 0.589. The van der Waals surface area contributed by atoms with Gasteiger partial charge in [0.15, 0.2) is 0 Å². The van der Waals surface area contributed by atoms with E-state index in [1.165, 1.54) is 11.1 Å². The van der Waals surface area contributed by atoms with Crippen molar-refractivity contribution in [3.8, 4) is 5.75 Å². The number of benzene rings is 2. The number of ether oxygens (including phenoxy) is 3. The van der Waals surface area contributed by atoms with E-state index in [0.29, 0.717) is 12.9 Å². The van der Waals surface area contributed by atoms with Crippen molar-refractivity contribution in [3.05, 3.63) is 72.0 Å². The second kappa shape index (κ2) is 8.45. The molecule has 2 aromatic carbocycles. The third-order valence-corrected chi connectivity index (χ3v) is 3.24. The number of hydrogen-bond donors (Lipinski definition) is 0. The number of aryl methyl sites for hydroxylation is 1. The Bertz CT molecular complexity index is 504. The van der Waals surface area contributed by atoms with Gasteiger partial charge in [-0.3, -0.25) is 0 Å².